The van der Waals surface area contributed by atoms with Crippen LogP contribution in [-0.4, -0.2) is 17.5 Å². The van der Waals surface area contributed by atoms with Gasteiger partial charge < -0.3 is 4.98 Å². The van der Waals surface area contributed by atoms with Gasteiger partial charge in [-0.05, 0) is 44.5 Å². The number of aryl methyl sites for hydroxylation is 2. The molecule has 0 aliphatic carbocycles. The second kappa shape index (κ2) is 4.59. The summed E-state index contributed by atoms with van der Waals surface area (Å²) in [4.78, 5) is 19.9. The molecule has 0 bridgehead atoms. The van der Waals surface area contributed by atoms with Crippen molar-refractivity contribution in [1.82, 2.24) is 10.5 Å². The van der Waals surface area contributed by atoms with E-state index >= 15 is 0 Å². The first-order valence-corrected chi connectivity index (χ1v) is 5.64. The second-order valence-electron chi connectivity index (χ2n) is 4.00. The Morgan fingerprint density at radius 2 is 2.18 bits per heavy atom. The highest BCUT2D eigenvalue weighted by atomic mass is 16.6. The number of hydroxylamine groups is 1. The molecule has 4 nitrogen and oxygen atoms in total. The molecule has 2 aromatic rings. The van der Waals surface area contributed by atoms with Gasteiger partial charge in [0.1, 0.15) is 0 Å². The number of amides is 1. The molecule has 0 aliphatic heterocycles. The highest BCUT2D eigenvalue weighted by Crippen LogP contribution is 2.22. The van der Waals surface area contributed by atoms with Crippen LogP contribution in [0.4, 0.5) is 0 Å². The van der Waals surface area contributed by atoms with Gasteiger partial charge in [-0.2, -0.15) is 0 Å². The van der Waals surface area contributed by atoms with E-state index in [2.05, 4.69) is 10.5 Å². The molecule has 0 atom stereocenters. The molecule has 0 unspecified atom stereocenters. The fraction of sp³-hybridized carbons (Fsp3) is 0.308. The van der Waals surface area contributed by atoms with Gasteiger partial charge in [0.2, 0.25) is 0 Å². The van der Waals surface area contributed by atoms with Gasteiger partial charge in [-0.15, -0.1) is 0 Å². The molecule has 1 amide bonds. The van der Waals surface area contributed by atoms with E-state index in [9.17, 15) is 4.79 Å². The van der Waals surface area contributed by atoms with Crippen LogP contribution in [0.5, 0.6) is 0 Å². The van der Waals surface area contributed by atoms with Crippen molar-refractivity contribution in [2.45, 2.75) is 20.8 Å². The molecule has 2 rings (SSSR count). The summed E-state index contributed by atoms with van der Waals surface area (Å²) in [5.41, 5.74) is 6.34. The molecule has 0 saturated carbocycles. The number of hydrogen-bond acceptors (Lipinski definition) is 2. The minimum Gasteiger partial charge on any atom is -0.358 e. The molecular weight excluding hydrogens is 216 g/mol. The minimum atomic E-state index is -0.216. The molecule has 0 saturated heterocycles. The lowest BCUT2D eigenvalue weighted by Gasteiger charge is -2.03. The van der Waals surface area contributed by atoms with Gasteiger partial charge in [0.05, 0.1) is 6.61 Å². The first-order chi connectivity index (χ1) is 8.13. The molecule has 0 spiro atoms. The van der Waals surface area contributed by atoms with Crippen LogP contribution in [0.15, 0.2) is 18.2 Å². The van der Waals surface area contributed by atoms with Crippen molar-refractivity contribution in [3.8, 4) is 0 Å². The van der Waals surface area contributed by atoms with Gasteiger partial charge in [-0.1, -0.05) is 0 Å². The summed E-state index contributed by atoms with van der Waals surface area (Å²) in [6, 6.07) is 5.57. The third-order valence-electron chi connectivity index (χ3n) is 2.88. The van der Waals surface area contributed by atoms with Crippen LogP contribution in [0.1, 0.15) is 28.5 Å². The molecule has 1 aromatic heterocycles. The summed E-state index contributed by atoms with van der Waals surface area (Å²) in [7, 11) is 0. The fourth-order valence-corrected chi connectivity index (χ4v) is 1.80. The fourth-order valence-electron chi connectivity index (χ4n) is 1.80. The number of fused-ring (bicyclic) bond motifs is 1. The lowest BCUT2D eigenvalue weighted by atomic mass is 10.1. The van der Waals surface area contributed by atoms with E-state index in [1.807, 2.05) is 32.9 Å². The first kappa shape index (κ1) is 11.7. The van der Waals surface area contributed by atoms with Crippen molar-refractivity contribution in [1.29, 1.82) is 0 Å². The Bertz CT molecular complexity index is 558. The zero-order chi connectivity index (χ0) is 12.4. The summed E-state index contributed by atoms with van der Waals surface area (Å²) in [5, 5.41) is 1.08. The number of aromatic amines is 1. The van der Waals surface area contributed by atoms with Gasteiger partial charge in [0, 0.05) is 22.2 Å². The van der Waals surface area contributed by atoms with Crippen LogP contribution < -0.4 is 5.48 Å². The molecule has 4 heteroatoms. The number of H-pyrrole nitrogens is 1. The number of benzene rings is 1. The molecule has 90 valence electrons. The summed E-state index contributed by atoms with van der Waals surface area (Å²) in [5.74, 6) is -0.216. The van der Waals surface area contributed by atoms with Crippen molar-refractivity contribution in [2.75, 3.05) is 6.61 Å². The number of nitrogens with one attached hydrogen (secondary N) is 2. The van der Waals surface area contributed by atoms with Crippen LogP contribution in [0.2, 0.25) is 0 Å². The quantitative estimate of drug-likeness (QED) is 0.799. The summed E-state index contributed by atoms with van der Waals surface area (Å²) < 4.78 is 0. The second-order valence-corrected chi connectivity index (χ2v) is 4.00. The normalized spacial score (nSPS) is 10.8. The largest absolute Gasteiger partial charge is 0.358 e. The SMILES string of the molecule is CCONC(=O)c1ccc2[nH]c(C)c(C)c2c1. The molecule has 0 fully saturated rings. The van der Waals surface area contributed by atoms with Gasteiger partial charge in [-0.25, -0.2) is 5.48 Å². The molecule has 0 aliphatic rings. The molecule has 1 aromatic carbocycles. The molecule has 0 radical (unpaired) electrons. The smallest absolute Gasteiger partial charge is 0.274 e. The number of carbonyl (C=O) groups excluding carboxylic acids is 1. The Balaban J connectivity index is 2.37. The van der Waals surface area contributed by atoms with Crippen LogP contribution in [0, 0.1) is 13.8 Å². The Labute approximate surface area is 99.9 Å². The number of carbonyl (C=O) groups is 1. The maximum Gasteiger partial charge on any atom is 0.274 e. The van der Waals surface area contributed by atoms with E-state index in [-0.39, 0.29) is 5.91 Å². The van der Waals surface area contributed by atoms with Crippen molar-refractivity contribution in [3.63, 3.8) is 0 Å². The lowest BCUT2D eigenvalue weighted by Crippen LogP contribution is -2.23. The van der Waals surface area contributed by atoms with Gasteiger partial charge in [-0.3, -0.25) is 9.63 Å². The maximum absolute atomic E-state index is 11.7. The van der Waals surface area contributed by atoms with Crippen LogP contribution >= 0.6 is 0 Å². The van der Waals surface area contributed by atoms with E-state index in [0.29, 0.717) is 12.2 Å². The van der Waals surface area contributed by atoms with E-state index in [1.165, 1.54) is 5.56 Å². The highest BCUT2D eigenvalue weighted by Gasteiger charge is 2.09. The zero-order valence-corrected chi connectivity index (χ0v) is 10.3. The Kier molecular flexibility index (Phi) is 3.15. The number of hydrogen-bond donors (Lipinski definition) is 2. The van der Waals surface area contributed by atoms with E-state index in [1.54, 1.807) is 6.07 Å². The highest BCUT2D eigenvalue weighted by molar-refractivity contribution is 5.98. The van der Waals surface area contributed by atoms with Crippen molar-refractivity contribution in [3.05, 3.63) is 35.0 Å². The molecule has 17 heavy (non-hydrogen) atoms. The van der Waals surface area contributed by atoms with Gasteiger partial charge in [0.15, 0.2) is 0 Å². The van der Waals surface area contributed by atoms with E-state index in [0.717, 1.165) is 16.6 Å². The third kappa shape index (κ3) is 2.17. The number of aromatic nitrogens is 1. The van der Waals surface area contributed by atoms with E-state index in [4.69, 9.17) is 4.84 Å². The van der Waals surface area contributed by atoms with Crippen LogP contribution in [-0.2, 0) is 4.84 Å². The van der Waals surface area contributed by atoms with Crippen LogP contribution in [0.25, 0.3) is 10.9 Å². The predicted molar refractivity (Wildman–Crippen MR) is 66.9 cm³/mol. The van der Waals surface area contributed by atoms with Gasteiger partial charge in [0.25, 0.3) is 5.91 Å². The summed E-state index contributed by atoms with van der Waals surface area (Å²) >= 11 is 0. The molecule has 1 heterocycles. The van der Waals surface area contributed by atoms with Gasteiger partial charge >= 0.3 is 0 Å². The molecule has 2 N–H and O–H groups in total. The van der Waals surface area contributed by atoms with Crippen molar-refractivity contribution < 1.29 is 9.63 Å². The monoisotopic (exact) mass is 232 g/mol. The average Bonchev–Trinajstić information content (AvgIpc) is 2.62. The Hall–Kier alpha value is -1.81. The molecular formula is C13H16N2O2. The summed E-state index contributed by atoms with van der Waals surface area (Å²) in [6.45, 7) is 6.34. The average molecular weight is 232 g/mol. The Morgan fingerprint density at radius 1 is 1.41 bits per heavy atom. The van der Waals surface area contributed by atoms with Crippen LogP contribution in [0.3, 0.4) is 0 Å². The topological polar surface area (TPSA) is 54.1 Å². The van der Waals surface area contributed by atoms with E-state index < -0.39 is 0 Å². The third-order valence-corrected chi connectivity index (χ3v) is 2.88. The maximum atomic E-state index is 11.7. The summed E-state index contributed by atoms with van der Waals surface area (Å²) in [6.07, 6.45) is 0. The predicted octanol–water partition coefficient (Wildman–Crippen LogP) is 2.47. The first-order valence-electron chi connectivity index (χ1n) is 5.64. The Morgan fingerprint density at radius 3 is 2.88 bits per heavy atom. The standard InChI is InChI=1S/C13H16N2O2/c1-4-17-15-13(16)10-5-6-12-11(7-10)8(2)9(3)14-12/h5-7,14H,4H2,1-3H3,(H,15,16). The lowest BCUT2D eigenvalue weighted by molar-refractivity contribution is 0.0364. The van der Waals surface area contributed by atoms with Crippen molar-refractivity contribution in [2.24, 2.45) is 0 Å². The number of rotatable bonds is 3. The van der Waals surface area contributed by atoms with Crippen molar-refractivity contribution >= 4 is 16.8 Å². The zero-order valence-electron chi connectivity index (χ0n) is 10.3. The minimum absolute atomic E-state index is 0.216.